The van der Waals surface area contributed by atoms with E-state index in [1.54, 1.807) is 18.2 Å². The number of ether oxygens (including phenoxy) is 1. The van der Waals surface area contributed by atoms with E-state index in [1.807, 2.05) is 0 Å². The summed E-state index contributed by atoms with van der Waals surface area (Å²) in [7, 11) is 1.35. The quantitative estimate of drug-likeness (QED) is 0.325. The highest BCUT2D eigenvalue weighted by molar-refractivity contribution is 14.1. The minimum absolute atomic E-state index is 0.128. The van der Waals surface area contributed by atoms with E-state index in [2.05, 4.69) is 27.9 Å². The van der Waals surface area contributed by atoms with E-state index in [-0.39, 0.29) is 11.3 Å². The Balaban J connectivity index is 1.67. The Morgan fingerprint density at radius 3 is 2.42 bits per heavy atom. The van der Waals surface area contributed by atoms with Crippen LogP contribution in [0, 0.1) is 5.41 Å². The van der Waals surface area contributed by atoms with Crippen molar-refractivity contribution in [3.8, 4) is 0 Å². The maximum atomic E-state index is 12.8. The van der Waals surface area contributed by atoms with Gasteiger partial charge in [-0.05, 0) is 62.3 Å². The molecule has 3 aliphatic carbocycles. The summed E-state index contributed by atoms with van der Waals surface area (Å²) in [5, 5.41) is 3.05. The molecule has 3 saturated carbocycles. The number of amides is 1. The number of halogens is 1. The van der Waals surface area contributed by atoms with E-state index in [4.69, 9.17) is 10.5 Å². The van der Waals surface area contributed by atoms with Crippen molar-refractivity contribution in [3.05, 3.63) is 29.3 Å². The zero-order chi connectivity index (χ0) is 17.4. The second-order valence-electron chi connectivity index (χ2n) is 7.02. The Morgan fingerprint density at radius 1 is 1.21 bits per heavy atom. The fourth-order valence-electron chi connectivity index (χ4n) is 3.85. The first-order valence-electron chi connectivity index (χ1n) is 8.31. The number of rotatable bonds is 4. The smallest absolute Gasteiger partial charge is 0.337 e. The number of nitrogens with one attached hydrogen (secondary N) is 1. The van der Waals surface area contributed by atoms with Gasteiger partial charge in [0.2, 0.25) is 5.91 Å². The zero-order valence-electron chi connectivity index (χ0n) is 13.9. The molecule has 2 bridgehead atoms. The standard InChI is InChI=1S/C18H23IN2O3/c1-24-15(22)12-2-3-14(20)13(10-12)11-21-16(23)17-4-7-18(19,8-5-17)9-6-17/h2-3,10H,4-9,11,20H2,1H3,(H,21,23). The molecule has 3 N–H and O–H groups in total. The van der Waals surface area contributed by atoms with Crippen LogP contribution < -0.4 is 11.1 Å². The topological polar surface area (TPSA) is 81.4 Å². The Hall–Kier alpha value is -1.31. The Labute approximate surface area is 155 Å². The molecule has 0 unspecified atom stereocenters. The highest BCUT2D eigenvalue weighted by Gasteiger charge is 2.51. The summed E-state index contributed by atoms with van der Waals surface area (Å²) in [6, 6.07) is 5.00. The number of hydrogen-bond donors (Lipinski definition) is 2. The number of carbonyl (C=O) groups is 2. The third-order valence-corrected chi connectivity index (χ3v) is 7.26. The maximum absolute atomic E-state index is 12.8. The second-order valence-corrected chi connectivity index (χ2v) is 9.31. The third kappa shape index (κ3) is 3.25. The van der Waals surface area contributed by atoms with E-state index in [1.165, 1.54) is 7.11 Å². The number of alkyl halides is 1. The van der Waals surface area contributed by atoms with Gasteiger partial charge in [0.05, 0.1) is 12.7 Å². The summed E-state index contributed by atoms with van der Waals surface area (Å²) in [4.78, 5) is 24.4. The van der Waals surface area contributed by atoms with Crippen LogP contribution in [0.15, 0.2) is 18.2 Å². The molecular formula is C18H23IN2O3. The first kappa shape index (κ1) is 17.5. The number of esters is 1. The Morgan fingerprint density at radius 2 is 1.83 bits per heavy atom. The summed E-state index contributed by atoms with van der Waals surface area (Å²) in [5.41, 5.74) is 7.54. The van der Waals surface area contributed by atoms with Crippen molar-refractivity contribution >= 4 is 40.2 Å². The van der Waals surface area contributed by atoms with Gasteiger partial charge in [0.15, 0.2) is 0 Å². The van der Waals surface area contributed by atoms with Crippen LogP contribution in [0.3, 0.4) is 0 Å². The molecule has 130 valence electrons. The highest BCUT2D eigenvalue weighted by atomic mass is 127. The molecule has 1 amide bonds. The van der Waals surface area contributed by atoms with Crippen LogP contribution >= 0.6 is 22.6 Å². The summed E-state index contributed by atoms with van der Waals surface area (Å²) in [5.74, 6) is -0.275. The van der Waals surface area contributed by atoms with Gasteiger partial charge in [-0.15, -0.1) is 0 Å². The lowest BCUT2D eigenvalue weighted by Gasteiger charge is -2.49. The lowest BCUT2D eigenvalue weighted by molar-refractivity contribution is -0.136. The molecule has 0 saturated heterocycles. The number of hydrogen-bond acceptors (Lipinski definition) is 4. The molecule has 24 heavy (non-hydrogen) atoms. The number of methoxy groups -OCH3 is 1. The average molecular weight is 442 g/mol. The highest BCUT2D eigenvalue weighted by Crippen LogP contribution is 2.56. The predicted octanol–water partition coefficient (Wildman–Crippen LogP) is 3.20. The lowest BCUT2D eigenvalue weighted by atomic mass is 9.60. The van der Waals surface area contributed by atoms with E-state index in [0.29, 0.717) is 21.2 Å². The van der Waals surface area contributed by atoms with E-state index in [0.717, 1.165) is 44.1 Å². The van der Waals surface area contributed by atoms with Gasteiger partial charge in [0, 0.05) is 21.1 Å². The van der Waals surface area contributed by atoms with E-state index in [9.17, 15) is 9.59 Å². The summed E-state index contributed by atoms with van der Waals surface area (Å²) >= 11 is 2.58. The van der Waals surface area contributed by atoms with E-state index < -0.39 is 5.97 Å². The van der Waals surface area contributed by atoms with Gasteiger partial charge in [-0.25, -0.2) is 4.79 Å². The molecule has 4 rings (SSSR count). The van der Waals surface area contributed by atoms with Crippen molar-refractivity contribution in [1.29, 1.82) is 0 Å². The third-order valence-electron chi connectivity index (χ3n) is 5.64. The number of carbonyl (C=O) groups excluding carboxylic acids is 2. The number of benzene rings is 1. The van der Waals surface area contributed by atoms with Gasteiger partial charge in [-0.3, -0.25) is 4.79 Å². The molecule has 0 atom stereocenters. The van der Waals surface area contributed by atoms with Crippen molar-refractivity contribution in [2.75, 3.05) is 12.8 Å². The van der Waals surface area contributed by atoms with Crippen LogP contribution in [-0.2, 0) is 16.1 Å². The molecule has 0 heterocycles. The minimum Gasteiger partial charge on any atom is -0.465 e. The molecular weight excluding hydrogens is 419 g/mol. The predicted molar refractivity (Wildman–Crippen MR) is 101 cm³/mol. The fraction of sp³-hybridized carbons (Fsp3) is 0.556. The van der Waals surface area contributed by atoms with Crippen LogP contribution in [0.2, 0.25) is 0 Å². The van der Waals surface area contributed by atoms with Crippen LogP contribution in [0.4, 0.5) is 5.69 Å². The van der Waals surface area contributed by atoms with Crippen molar-refractivity contribution in [2.45, 2.75) is 48.5 Å². The molecule has 3 fully saturated rings. The monoisotopic (exact) mass is 442 g/mol. The summed E-state index contributed by atoms with van der Waals surface area (Å²) in [6.45, 7) is 0.340. The number of nitrogen functional groups attached to an aromatic ring is 1. The van der Waals surface area contributed by atoms with Gasteiger partial charge >= 0.3 is 5.97 Å². The van der Waals surface area contributed by atoms with E-state index >= 15 is 0 Å². The molecule has 1 aromatic rings. The van der Waals surface area contributed by atoms with Gasteiger partial charge < -0.3 is 15.8 Å². The lowest BCUT2D eigenvalue weighted by Crippen LogP contribution is -2.50. The average Bonchev–Trinajstić information content (AvgIpc) is 2.61. The van der Waals surface area contributed by atoms with Gasteiger partial charge in [0.25, 0.3) is 0 Å². The SMILES string of the molecule is COC(=O)c1ccc(N)c(CNC(=O)C23CCC(I)(CC2)CC3)c1. The van der Waals surface area contributed by atoms with Crippen LogP contribution in [0.5, 0.6) is 0 Å². The first-order chi connectivity index (χ1) is 11.4. The van der Waals surface area contributed by atoms with Crippen molar-refractivity contribution < 1.29 is 14.3 Å². The molecule has 6 heteroatoms. The van der Waals surface area contributed by atoms with Crippen LogP contribution in [0.1, 0.15) is 54.4 Å². The molecule has 0 spiro atoms. The molecule has 1 aromatic carbocycles. The van der Waals surface area contributed by atoms with Crippen molar-refractivity contribution in [2.24, 2.45) is 5.41 Å². The second kappa shape index (κ2) is 6.54. The van der Waals surface area contributed by atoms with Crippen LogP contribution in [-0.4, -0.2) is 22.4 Å². The Bertz CT molecular complexity index is 650. The molecule has 3 aliphatic rings. The molecule has 0 aliphatic heterocycles. The number of anilines is 1. The number of nitrogens with two attached hydrogens (primary N) is 1. The van der Waals surface area contributed by atoms with Gasteiger partial charge in [0.1, 0.15) is 0 Å². The van der Waals surface area contributed by atoms with Crippen LogP contribution in [0.25, 0.3) is 0 Å². The van der Waals surface area contributed by atoms with Crippen molar-refractivity contribution in [1.82, 2.24) is 5.32 Å². The maximum Gasteiger partial charge on any atom is 0.337 e. The summed E-state index contributed by atoms with van der Waals surface area (Å²) < 4.78 is 5.15. The number of fused-ring (bicyclic) bond motifs is 3. The normalized spacial score (nSPS) is 28.4. The zero-order valence-corrected chi connectivity index (χ0v) is 16.0. The first-order valence-corrected chi connectivity index (χ1v) is 9.39. The van der Waals surface area contributed by atoms with Gasteiger partial charge in [-0.1, -0.05) is 22.6 Å². The Kier molecular flexibility index (Phi) is 4.77. The molecule has 5 nitrogen and oxygen atoms in total. The van der Waals surface area contributed by atoms with Gasteiger partial charge in [-0.2, -0.15) is 0 Å². The molecule has 0 radical (unpaired) electrons. The molecule has 0 aromatic heterocycles. The minimum atomic E-state index is -0.404. The van der Waals surface area contributed by atoms with Crippen molar-refractivity contribution in [3.63, 3.8) is 0 Å². The largest absolute Gasteiger partial charge is 0.465 e. The summed E-state index contributed by atoms with van der Waals surface area (Å²) in [6.07, 6.45) is 6.29. The fourth-order valence-corrected chi connectivity index (χ4v) is 4.66.